The third-order valence-corrected chi connectivity index (χ3v) is 5.87. The highest BCUT2D eigenvalue weighted by molar-refractivity contribution is 5.94. The second-order valence-electron chi connectivity index (χ2n) is 11.5. The summed E-state index contributed by atoms with van der Waals surface area (Å²) in [5.74, 6) is 0.224. The Kier molecular flexibility index (Phi) is 9.24. The van der Waals surface area contributed by atoms with Crippen molar-refractivity contribution in [2.75, 3.05) is 18.4 Å². The summed E-state index contributed by atoms with van der Waals surface area (Å²) in [5, 5.41) is 7.61. The quantitative estimate of drug-likeness (QED) is 0.338. The summed E-state index contributed by atoms with van der Waals surface area (Å²) in [6, 6.07) is 17.3. The zero-order chi connectivity index (χ0) is 27.2. The standard InChI is InChI=1S/C30H39FN4O2/c1-21(2)19-34(29(37)16-22(3)18-30(4,5)6)20-28(36)32-27-17-26(23-10-8-7-9-11-23)33-35(27)25-14-12-24(31)13-15-25/h7-15,17,21-22H,16,18-20H2,1-6H3,(H,32,36). The van der Waals surface area contributed by atoms with Gasteiger partial charge in [0.15, 0.2) is 0 Å². The van der Waals surface area contributed by atoms with Gasteiger partial charge in [-0.3, -0.25) is 9.59 Å². The van der Waals surface area contributed by atoms with Crippen molar-refractivity contribution in [1.29, 1.82) is 0 Å². The minimum atomic E-state index is -0.353. The first kappa shape index (κ1) is 28.1. The summed E-state index contributed by atoms with van der Waals surface area (Å²) < 4.78 is 15.1. The molecule has 1 unspecified atom stereocenters. The van der Waals surface area contributed by atoms with Crippen molar-refractivity contribution in [3.8, 4) is 16.9 Å². The van der Waals surface area contributed by atoms with E-state index in [1.165, 1.54) is 12.1 Å². The average molecular weight is 507 g/mol. The van der Waals surface area contributed by atoms with Crippen LogP contribution in [0, 0.1) is 23.1 Å². The maximum absolute atomic E-state index is 13.6. The number of anilines is 1. The molecule has 1 atom stereocenters. The molecule has 0 bridgehead atoms. The van der Waals surface area contributed by atoms with E-state index >= 15 is 0 Å². The van der Waals surface area contributed by atoms with Gasteiger partial charge < -0.3 is 10.2 Å². The number of carbonyl (C=O) groups excluding carboxylic acids is 2. The van der Waals surface area contributed by atoms with Crippen molar-refractivity contribution >= 4 is 17.6 Å². The molecule has 1 heterocycles. The SMILES string of the molecule is CC(C)CN(CC(=O)Nc1cc(-c2ccccc2)nn1-c1ccc(F)cc1)C(=O)CC(C)CC(C)(C)C. The number of hydrogen-bond acceptors (Lipinski definition) is 3. The number of hydrogen-bond donors (Lipinski definition) is 1. The van der Waals surface area contributed by atoms with E-state index in [-0.39, 0.29) is 41.4 Å². The minimum Gasteiger partial charge on any atom is -0.333 e. The van der Waals surface area contributed by atoms with Crippen LogP contribution in [-0.4, -0.2) is 39.6 Å². The highest BCUT2D eigenvalue weighted by atomic mass is 19.1. The van der Waals surface area contributed by atoms with Crippen molar-refractivity contribution in [3.05, 3.63) is 66.5 Å². The molecule has 0 aliphatic heterocycles. The zero-order valence-electron chi connectivity index (χ0n) is 22.8. The van der Waals surface area contributed by atoms with Gasteiger partial charge in [0.2, 0.25) is 11.8 Å². The molecule has 0 spiro atoms. The molecule has 0 aliphatic carbocycles. The summed E-state index contributed by atoms with van der Waals surface area (Å²) in [6.07, 6.45) is 1.34. The largest absolute Gasteiger partial charge is 0.333 e. The van der Waals surface area contributed by atoms with E-state index in [9.17, 15) is 14.0 Å². The maximum Gasteiger partial charge on any atom is 0.245 e. The number of rotatable bonds is 10. The van der Waals surface area contributed by atoms with Crippen molar-refractivity contribution in [2.45, 2.75) is 54.4 Å². The van der Waals surface area contributed by atoms with E-state index in [0.717, 1.165) is 12.0 Å². The summed E-state index contributed by atoms with van der Waals surface area (Å²) >= 11 is 0. The van der Waals surface area contributed by atoms with Gasteiger partial charge in [-0.1, -0.05) is 71.9 Å². The second-order valence-corrected chi connectivity index (χ2v) is 11.5. The summed E-state index contributed by atoms with van der Waals surface area (Å²) in [6.45, 7) is 13.1. The molecular formula is C30H39FN4O2. The first-order valence-electron chi connectivity index (χ1n) is 12.9. The molecule has 37 heavy (non-hydrogen) atoms. The second kappa shape index (κ2) is 12.2. The smallest absolute Gasteiger partial charge is 0.245 e. The van der Waals surface area contributed by atoms with Crippen molar-refractivity contribution < 1.29 is 14.0 Å². The van der Waals surface area contributed by atoms with Gasteiger partial charge in [0.25, 0.3) is 0 Å². The van der Waals surface area contributed by atoms with Crippen LogP contribution in [0.5, 0.6) is 0 Å². The monoisotopic (exact) mass is 506 g/mol. The van der Waals surface area contributed by atoms with Crippen LogP contribution in [0.1, 0.15) is 54.4 Å². The molecule has 0 aliphatic rings. The molecule has 0 fully saturated rings. The normalized spacial score (nSPS) is 12.4. The lowest BCUT2D eigenvalue weighted by Gasteiger charge is -2.28. The van der Waals surface area contributed by atoms with Gasteiger partial charge in [-0.05, 0) is 47.9 Å². The van der Waals surface area contributed by atoms with Crippen LogP contribution in [0.4, 0.5) is 10.2 Å². The Labute approximate surface area is 219 Å². The fourth-order valence-electron chi connectivity index (χ4n) is 4.60. The highest BCUT2D eigenvalue weighted by Gasteiger charge is 2.24. The van der Waals surface area contributed by atoms with E-state index < -0.39 is 0 Å². The molecule has 2 amide bonds. The zero-order valence-corrected chi connectivity index (χ0v) is 22.8. The molecule has 0 saturated carbocycles. The van der Waals surface area contributed by atoms with Gasteiger partial charge >= 0.3 is 0 Å². The van der Waals surface area contributed by atoms with Gasteiger partial charge in [-0.2, -0.15) is 5.10 Å². The number of benzene rings is 2. The van der Waals surface area contributed by atoms with E-state index in [2.05, 4.69) is 38.1 Å². The predicted molar refractivity (Wildman–Crippen MR) is 147 cm³/mol. The van der Waals surface area contributed by atoms with E-state index in [1.807, 2.05) is 44.2 Å². The van der Waals surface area contributed by atoms with Crippen LogP contribution in [0.2, 0.25) is 0 Å². The molecule has 3 rings (SSSR count). The fraction of sp³-hybridized carbons (Fsp3) is 0.433. The number of amides is 2. The number of carbonyl (C=O) groups is 2. The lowest BCUT2D eigenvalue weighted by molar-refractivity contribution is -0.136. The third-order valence-electron chi connectivity index (χ3n) is 5.87. The Morgan fingerprint density at radius 1 is 1.03 bits per heavy atom. The summed E-state index contributed by atoms with van der Waals surface area (Å²) in [7, 11) is 0. The lowest BCUT2D eigenvalue weighted by atomic mass is 9.84. The Bertz CT molecular complexity index is 1180. The Hall–Kier alpha value is -3.48. The Morgan fingerprint density at radius 3 is 2.27 bits per heavy atom. The van der Waals surface area contributed by atoms with Crippen molar-refractivity contribution in [1.82, 2.24) is 14.7 Å². The van der Waals surface area contributed by atoms with E-state index in [1.54, 1.807) is 27.8 Å². The predicted octanol–water partition coefficient (Wildman–Crippen LogP) is 6.56. The van der Waals surface area contributed by atoms with Crippen LogP contribution in [0.25, 0.3) is 16.9 Å². The highest BCUT2D eigenvalue weighted by Crippen LogP contribution is 2.27. The Balaban J connectivity index is 1.81. The fourth-order valence-corrected chi connectivity index (χ4v) is 4.60. The third kappa shape index (κ3) is 8.55. The van der Waals surface area contributed by atoms with Crippen LogP contribution >= 0.6 is 0 Å². The maximum atomic E-state index is 13.6. The summed E-state index contributed by atoms with van der Waals surface area (Å²) in [5.41, 5.74) is 2.31. The van der Waals surface area contributed by atoms with E-state index in [0.29, 0.717) is 30.2 Å². The molecule has 0 saturated heterocycles. The van der Waals surface area contributed by atoms with Crippen LogP contribution in [-0.2, 0) is 9.59 Å². The van der Waals surface area contributed by atoms with Crippen LogP contribution in [0.3, 0.4) is 0 Å². The van der Waals surface area contributed by atoms with Gasteiger partial charge in [0, 0.05) is 24.6 Å². The van der Waals surface area contributed by atoms with Crippen LogP contribution in [0.15, 0.2) is 60.7 Å². The first-order valence-corrected chi connectivity index (χ1v) is 12.9. The van der Waals surface area contributed by atoms with Crippen LogP contribution < -0.4 is 5.32 Å². The molecule has 1 N–H and O–H groups in total. The minimum absolute atomic E-state index is 0.0161. The molecule has 7 heteroatoms. The van der Waals surface area contributed by atoms with E-state index in [4.69, 9.17) is 0 Å². The molecular weight excluding hydrogens is 467 g/mol. The van der Waals surface area contributed by atoms with Crippen molar-refractivity contribution in [3.63, 3.8) is 0 Å². The van der Waals surface area contributed by atoms with Gasteiger partial charge in [-0.25, -0.2) is 9.07 Å². The Morgan fingerprint density at radius 2 is 1.68 bits per heavy atom. The lowest BCUT2D eigenvalue weighted by Crippen LogP contribution is -2.41. The van der Waals surface area contributed by atoms with Gasteiger partial charge in [0.1, 0.15) is 11.6 Å². The van der Waals surface area contributed by atoms with Gasteiger partial charge in [-0.15, -0.1) is 0 Å². The molecule has 198 valence electrons. The topological polar surface area (TPSA) is 67.2 Å². The van der Waals surface area contributed by atoms with Crippen molar-refractivity contribution in [2.24, 2.45) is 17.3 Å². The summed E-state index contributed by atoms with van der Waals surface area (Å²) in [4.78, 5) is 28.0. The molecule has 3 aromatic rings. The molecule has 1 aromatic heterocycles. The molecule has 0 radical (unpaired) electrons. The molecule has 2 aromatic carbocycles. The number of halogens is 1. The number of aromatic nitrogens is 2. The number of nitrogens with one attached hydrogen (secondary N) is 1. The first-order chi connectivity index (χ1) is 17.4. The van der Waals surface area contributed by atoms with Gasteiger partial charge in [0.05, 0.1) is 17.9 Å². The molecule has 6 nitrogen and oxygen atoms in total. The number of nitrogens with zero attached hydrogens (tertiary/aromatic N) is 3. The average Bonchev–Trinajstić information content (AvgIpc) is 3.21.